The van der Waals surface area contributed by atoms with Crippen molar-refractivity contribution >= 4 is 17.4 Å². The SMILES string of the molecule is CN(CC1(N(C)C)CCC1)c1cc(CCl)ccn1. The van der Waals surface area contributed by atoms with Crippen LogP contribution in [0.4, 0.5) is 5.82 Å². The smallest absolute Gasteiger partial charge is 0.128 e. The Balaban J connectivity index is 2.09. The number of alkyl halides is 1. The first-order valence-corrected chi connectivity index (χ1v) is 7.00. The number of likely N-dealkylation sites (N-methyl/N-ethyl adjacent to an activating group) is 2. The molecule has 2 rings (SSSR count). The van der Waals surface area contributed by atoms with E-state index in [1.165, 1.54) is 19.3 Å². The number of hydrogen-bond acceptors (Lipinski definition) is 3. The van der Waals surface area contributed by atoms with E-state index in [1.54, 1.807) is 0 Å². The molecule has 1 aliphatic rings. The van der Waals surface area contributed by atoms with Gasteiger partial charge in [-0.1, -0.05) is 0 Å². The second-order valence-corrected chi connectivity index (χ2v) is 5.75. The Hall–Kier alpha value is -0.800. The molecule has 0 spiro atoms. The van der Waals surface area contributed by atoms with E-state index in [9.17, 15) is 0 Å². The highest BCUT2D eigenvalue weighted by Crippen LogP contribution is 2.37. The molecule has 0 bridgehead atoms. The number of pyridine rings is 1. The molecule has 0 radical (unpaired) electrons. The van der Waals surface area contributed by atoms with Gasteiger partial charge < -0.3 is 9.80 Å². The lowest BCUT2D eigenvalue weighted by Gasteiger charge is -2.49. The van der Waals surface area contributed by atoms with Gasteiger partial charge >= 0.3 is 0 Å². The summed E-state index contributed by atoms with van der Waals surface area (Å²) >= 11 is 5.87. The van der Waals surface area contributed by atoms with E-state index in [1.807, 2.05) is 12.3 Å². The Morgan fingerprint density at radius 2 is 2.06 bits per heavy atom. The van der Waals surface area contributed by atoms with E-state index in [0.29, 0.717) is 11.4 Å². The fourth-order valence-corrected chi connectivity index (χ4v) is 2.77. The first-order valence-electron chi connectivity index (χ1n) is 6.47. The number of hydrogen-bond donors (Lipinski definition) is 0. The van der Waals surface area contributed by atoms with Crippen LogP contribution >= 0.6 is 11.6 Å². The quantitative estimate of drug-likeness (QED) is 0.765. The summed E-state index contributed by atoms with van der Waals surface area (Å²) < 4.78 is 0. The second kappa shape index (κ2) is 5.45. The van der Waals surface area contributed by atoms with Crippen LogP contribution in [0.1, 0.15) is 24.8 Å². The molecule has 18 heavy (non-hydrogen) atoms. The molecule has 0 atom stereocenters. The molecule has 0 aliphatic heterocycles. The molecule has 1 aliphatic carbocycles. The molecule has 1 aromatic rings. The van der Waals surface area contributed by atoms with Crippen LogP contribution in [0, 0.1) is 0 Å². The van der Waals surface area contributed by atoms with E-state index in [-0.39, 0.29) is 0 Å². The lowest BCUT2D eigenvalue weighted by atomic mass is 9.75. The topological polar surface area (TPSA) is 19.4 Å². The van der Waals surface area contributed by atoms with Crippen LogP contribution in [-0.2, 0) is 5.88 Å². The summed E-state index contributed by atoms with van der Waals surface area (Å²) in [6, 6.07) is 4.05. The molecule has 100 valence electrons. The molecule has 0 aromatic carbocycles. The molecular formula is C14H22ClN3. The Labute approximate surface area is 115 Å². The minimum Gasteiger partial charge on any atom is -0.358 e. The monoisotopic (exact) mass is 267 g/mol. The van der Waals surface area contributed by atoms with Gasteiger partial charge in [0.2, 0.25) is 0 Å². The van der Waals surface area contributed by atoms with Gasteiger partial charge in [-0.05, 0) is 51.1 Å². The van der Waals surface area contributed by atoms with E-state index in [0.717, 1.165) is 17.9 Å². The van der Waals surface area contributed by atoms with Crippen molar-refractivity contribution in [1.82, 2.24) is 9.88 Å². The number of anilines is 1. The van der Waals surface area contributed by atoms with Crippen molar-refractivity contribution < 1.29 is 0 Å². The predicted molar refractivity (Wildman–Crippen MR) is 77.3 cm³/mol. The normalized spacial score (nSPS) is 17.6. The number of aromatic nitrogens is 1. The number of rotatable bonds is 5. The summed E-state index contributed by atoms with van der Waals surface area (Å²) in [5, 5.41) is 0. The highest BCUT2D eigenvalue weighted by atomic mass is 35.5. The zero-order valence-corrected chi connectivity index (χ0v) is 12.2. The van der Waals surface area contributed by atoms with Gasteiger partial charge in [-0.15, -0.1) is 11.6 Å². The van der Waals surface area contributed by atoms with Gasteiger partial charge in [-0.25, -0.2) is 4.98 Å². The maximum atomic E-state index is 5.87. The molecular weight excluding hydrogens is 246 g/mol. The van der Waals surface area contributed by atoms with Crippen molar-refractivity contribution in [3.8, 4) is 0 Å². The largest absolute Gasteiger partial charge is 0.358 e. The lowest BCUT2D eigenvalue weighted by molar-refractivity contribution is 0.0682. The standard InChI is InChI=1S/C14H22ClN3/c1-17(2)14(6-4-7-14)11-18(3)13-9-12(10-15)5-8-16-13/h5,8-9H,4,6-7,10-11H2,1-3H3. The third kappa shape index (κ3) is 2.62. The third-order valence-electron chi connectivity index (χ3n) is 4.12. The summed E-state index contributed by atoms with van der Waals surface area (Å²) in [4.78, 5) is 9.04. The summed E-state index contributed by atoms with van der Waals surface area (Å²) in [7, 11) is 6.47. The maximum absolute atomic E-state index is 5.87. The summed E-state index contributed by atoms with van der Waals surface area (Å²) in [5.74, 6) is 1.56. The van der Waals surface area contributed by atoms with Crippen LogP contribution in [0.25, 0.3) is 0 Å². The van der Waals surface area contributed by atoms with Crippen LogP contribution in [-0.4, -0.2) is 43.1 Å². The van der Waals surface area contributed by atoms with E-state index < -0.39 is 0 Å². The van der Waals surface area contributed by atoms with Crippen LogP contribution in [0.5, 0.6) is 0 Å². The van der Waals surface area contributed by atoms with Gasteiger partial charge in [-0.2, -0.15) is 0 Å². The van der Waals surface area contributed by atoms with Crippen molar-refractivity contribution in [2.75, 3.05) is 32.6 Å². The second-order valence-electron chi connectivity index (χ2n) is 5.48. The van der Waals surface area contributed by atoms with Gasteiger partial charge in [0.05, 0.1) is 0 Å². The Morgan fingerprint density at radius 1 is 1.33 bits per heavy atom. The van der Waals surface area contributed by atoms with Crippen molar-refractivity contribution in [3.05, 3.63) is 23.9 Å². The minimum absolute atomic E-state index is 0.327. The summed E-state index contributed by atoms with van der Waals surface area (Å²) in [6.45, 7) is 1.03. The van der Waals surface area contributed by atoms with Gasteiger partial charge in [0.15, 0.2) is 0 Å². The molecule has 1 saturated carbocycles. The summed E-state index contributed by atoms with van der Waals surface area (Å²) in [5.41, 5.74) is 1.45. The molecule has 0 amide bonds. The Kier molecular flexibility index (Phi) is 4.13. The van der Waals surface area contributed by atoms with Crippen molar-refractivity contribution in [3.63, 3.8) is 0 Å². The molecule has 1 heterocycles. The minimum atomic E-state index is 0.327. The molecule has 4 heteroatoms. The van der Waals surface area contributed by atoms with Gasteiger partial charge in [0.1, 0.15) is 5.82 Å². The molecule has 3 nitrogen and oxygen atoms in total. The first-order chi connectivity index (χ1) is 8.57. The Morgan fingerprint density at radius 3 is 2.56 bits per heavy atom. The zero-order chi connectivity index (χ0) is 13.2. The highest BCUT2D eigenvalue weighted by Gasteiger charge is 2.40. The van der Waals surface area contributed by atoms with Crippen molar-refractivity contribution in [1.29, 1.82) is 0 Å². The molecule has 0 saturated heterocycles. The van der Waals surface area contributed by atoms with Gasteiger partial charge in [0.25, 0.3) is 0 Å². The fourth-order valence-electron chi connectivity index (χ4n) is 2.61. The number of halogens is 1. The molecule has 1 fully saturated rings. The van der Waals surface area contributed by atoms with E-state index in [2.05, 4.69) is 42.0 Å². The predicted octanol–water partition coefficient (Wildman–Crippen LogP) is 2.74. The molecule has 0 N–H and O–H groups in total. The highest BCUT2D eigenvalue weighted by molar-refractivity contribution is 6.17. The fraction of sp³-hybridized carbons (Fsp3) is 0.643. The third-order valence-corrected chi connectivity index (χ3v) is 4.43. The summed E-state index contributed by atoms with van der Waals surface area (Å²) in [6.07, 6.45) is 5.73. The van der Waals surface area contributed by atoms with E-state index in [4.69, 9.17) is 11.6 Å². The molecule has 0 unspecified atom stereocenters. The van der Waals surface area contributed by atoms with Gasteiger partial charge in [0, 0.05) is 31.2 Å². The maximum Gasteiger partial charge on any atom is 0.128 e. The van der Waals surface area contributed by atoms with Crippen LogP contribution < -0.4 is 4.90 Å². The van der Waals surface area contributed by atoms with Crippen molar-refractivity contribution in [2.45, 2.75) is 30.7 Å². The van der Waals surface area contributed by atoms with Gasteiger partial charge in [-0.3, -0.25) is 0 Å². The average Bonchev–Trinajstić information content (AvgIpc) is 2.33. The van der Waals surface area contributed by atoms with Crippen LogP contribution in [0.3, 0.4) is 0 Å². The molecule has 1 aromatic heterocycles. The Bertz CT molecular complexity index is 402. The number of nitrogens with zero attached hydrogens (tertiary/aromatic N) is 3. The zero-order valence-electron chi connectivity index (χ0n) is 11.5. The lowest BCUT2D eigenvalue weighted by Crippen LogP contribution is -2.56. The van der Waals surface area contributed by atoms with Crippen molar-refractivity contribution in [2.24, 2.45) is 0 Å². The first kappa shape index (κ1) is 13.6. The average molecular weight is 268 g/mol. The van der Waals surface area contributed by atoms with Crippen LogP contribution in [0.15, 0.2) is 18.3 Å². The van der Waals surface area contributed by atoms with E-state index >= 15 is 0 Å². The van der Waals surface area contributed by atoms with Crippen LogP contribution in [0.2, 0.25) is 0 Å².